The molecule has 3 rings (SSSR count). The van der Waals surface area contributed by atoms with Crippen molar-refractivity contribution in [3.05, 3.63) is 50.4 Å². The van der Waals surface area contributed by atoms with Gasteiger partial charge in [0.1, 0.15) is 12.3 Å². The number of benzene rings is 2. The maximum Gasteiger partial charge on any atom is 0.294 e. The highest BCUT2D eigenvalue weighted by molar-refractivity contribution is 14.1. The summed E-state index contributed by atoms with van der Waals surface area (Å²) in [4.78, 5) is 38.8. The monoisotopic (exact) mass is 568 g/mol. The van der Waals surface area contributed by atoms with Gasteiger partial charge in [0.25, 0.3) is 11.1 Å². The second-order valence-corrected chi connectivity index (χ2v) is 8.64. The third-order valence-corrected chi connectivity index (χ3v) is 6.10. The standard InChI is InChI=1S/C22H21IN2O6S/c1-4-31-20-14(23)9-13(10-17(20)30-3)11-18-21(27)25(22(28)32-18)12-19(26)24-15-7-5-6-8-16(15)29-2/h5-11H,4,12H2,1-3H3,(H,24,26)/b18-11+. The first kappa shape index (κ1) is 23.9. The molecule has 0 aliphatic carbocycles. The second kappa shape index (κ2) is 10.7. The lowest BCUT2D eigenvalue weighted by molar-refractivity contribution is -0.127. The Hall–Kier alpha value is -2.73. The molecule has 1 fully saturated rings. The van der Waals surface area contributed by atoms with Gasteiger partial charge in [-0.2, -0.15) is 0 Å². The number of halogens is 1. The Labute approximate surface area is 203 Å². The first-order valence-corrected chi connectivity index (χ1v) is 11.5. The van der Waals surface area contributed by atoms with Gasteiger partial charge >= 0.3 is 0 Å². The summed E-state index contributed by atoms with van der Waals surface area (Å²) in [6.45, 7) is 1.97. The molecule has 0 radical (unpaired) electrons. The minimum absolute atomic E-state index is 0.224. The molecule has 1 saturated heterocycles. The van der Waals surface area contributed by atoms with E-state index in [0.29, 0.717) is 35.1 Å². The number of thioether (sulfide) groups is 1. The van der Waals surface area contributed by atoms with E-state index in [1.54, 1.807) is 36.4 Å². The first-order chi connectivity index (χ1) is 15.4. The smallest absolute Gasteiger partial charge is 0.294 e. The summed E-state index contributed by atoms with van der Waals surface area (Å²) < 4.78 is 17.0. The maximum absolute atomic E-state index is 12.8. The van der Waals surface area contributed by atoms with E-state index in [9.17, 15) is 14.4 Å². The highest BCUT2D eigenvalue weighted by Crippen LogP contribution is 2.37. The third-order valence-electron chi connectivity index (χ3n) is 4.39. The van der Waals surface area contributed by atoms with Gasteiger partial charge in [0.15, 0.2) is 11.5 Å². The highest BCUT2D eigenvalue weighted by atomic mass is 127. The molecule has 0 bridgehead atoms. The molecular formula is C22H21IN2O6S. The van der Waals surface area contributed by atoms with Crippen LogP contribution in [0.2, 0.25) is 0 Å². The normalized spacial score (nSPS) is 14.6. The van der Waals surface area contributed by atoms with Gasteiger partial charge in [0, 0.05) is 0 Å². The van der Waals surface area contributed by atoms with E-state index in [1.807, 2.05) is 13.0 Å². The van der Waals surface area contributed by atoms with Gasteiger partial charge < -0.3 is 19.5 Å². The molecule has 8 nitrogen and oxygen atoms in total. The van der Waals surface area contributed by atoms with Crippen molar-refractivity contribution < 1.29 is 28.6 Å². The van der Waals surface area contributed by atoms with E-state index >= 15 is 0 Å². The molecule has 0 atom stereocenters. The van der Waals surface area contributed by atoms with Gasteiger partial charge in [0.05, 0.1) is 35.0 Å². The maximum atomic E-state index is 12.8. The van der Waals surface area contributed by atoms with Gasteiger partial charge in [-0.25, -0.2) is 0 Å². The summed E-state index contributed by atoms with van der Waals surface area (Å²) in [6.07, 6.45) is 1.60. The van der Waals surface area contributed by atoms with Gasteiger partial charge in [-0.05, 0) is 77.2 Å². The first-order valence-electron chi connectivity index (χ1n) is 9.56. The molecule has 0 aromatic heterocycles. The van der Waals surface area contributed by atoms with Crippen LogP contribution in [0, 0.1) is 3.57 Å². The fraction of sp³-hybridized carbons (Fsp3) is 0.227. The minimum Gasteiger partial charge on any atom is -0.495 e. The lowest BCUT2D eigenvalue weighted by Gasteiger charge is -2.14. The fourth-order valence-corrected chi connectivity index (χ4v) is 4.60. The number of nitrogens with zero attached hydrogens (tertiary/aromatic N) is 1. The summed E-state index contributed by atoms with van der Waals surface area (Å²) >= 11 is 2.91. The summed E-state index contributed by atoms with van der Waals surface area (Å²) in [5.74, 6) is 0.594. The van der Waals surface area contributed by atoms with Crippen molar-refractivity contribution in [2.45, 2.75) is 6.92 Å². The molecule has 1 N–H and O–H groups in total. The zero-order valence-electron chi connectivity index (χ0n) is 17.6. The number of anilines is 1. The van der Waals surface area contributed by atoms with E-state index in [0.717, 1.165) is 20.2 Å². The van der Waals surface area contributed by atoms with Crippen molar-refractivity contribution in [2.24, 2.45) is 0 Å². The molecule has 1 aliphatic rings. The molecule has 0 saturated carbocycles. The molecule has 10 heteroatoms. The van der Waals surface area contributed by atoms with E-state index in [2.05, 4.69) is 27.9 Å². The molecule has 1 heterocycles. The summed E-state index contributed by atoms with van der Waals surface area (Å²) in [6, 6.07) is 10.4. The largest absolute Gasteiger partial charge is 0.495 e. The molecule has 2 aromatic rings. The van der Waals surface area contributed by atoms with Crippen molar-refractivity contribution in [3.8, 4) is 17.2 Å². The van der Waals surface area contributed by atoms with Gasteiger partial charge in [-0.1, -0.05) is 12.1 Å². The number of rotatable bonds is 8. The molecule has 168 valence electrons. The Morgan fingerprint density at radius 3 is 2.56 bits per heavy atom. The quantitative estimate of drug-likeness (QED) is 0.373. The van der Waals surface area contributed by atoms with Crippen LogP contribution >= 0.6 is 34.4 Å². The topological polar surface area (TPSA) is 94.2 Å². The van der Waals surface area contributed by atoms with Crippen LogP contribution in [0.25, 0.3) is 6.08 Å². The lowest BCUT2D eigenvalue weighted by atomic mass is 10.2. The van der Waals surface area contributed by atoms with Gasteiger partial charge in [-0.15, -0.1) is 0 Å². The molecular weight excluding hydrogens is 547 g/mol. The number of carbonyl (C=O) groups excluding carboxylic acids is 3. The SMILES string of the molecule is CCOc1c(I)cc(/C=C2/SC(=O)N(CC(=O)Nc3ccccc3OC)C2=O)cc1OC. The van der Waals surface area contributed by atoms with E-state index in [1.165, 1.54) is 14.2 Å². The number of hydrogen-bond donors (Lipinski definition) is 1. The van der Waals surface area contributed by atoms with Crippen LogP contribution in [0.5, 0.6) is 17.2 Å². The van der Waals surface area contributed by atoms with Crippen LogP contribution in [0.4, 0.5) is 10.5 Å². The molecule has 0 unspecified atom stereocenters. The second-order valence-electron chi connectivity index (χ2n) is 6.48. The Bertz CT molecular complexity index is 1090. The number of amides is 3. The molecule has 1 aliphatic heterocycles. The van der Waals surface area contributed by atoms with Crippen molar-refractivity contribution in [2.75, 3.05) is 32.7 Å². The number of methoxy groups -OCH3 is 2. The number of para-hydroxylation sites is 2. The van der Waals surface area contributed by atoms with Crippen LogP contribution in [0.15, 0.2) is 41.3 Å². The Balaban J connectivity index is 1.76. The average Bonchev–Trinajstić information content (AvgIpc) is 3.03. The lowest BCUT2D eigenvalue weighted by Crippen LogP contribution is -2.36. The van der Waals surface area contributed by atoms with Gasteiger partial charge in [0.2, 0.25) is 5.91 Å². The van der Waals surface area contributed by atoms with Gasteiger partial charge in [-0.3, -0.25) is 19.3 Å². The zero-order valence-corrected chi connectivity index (χ0v) is 20.6. The number of carbonyl (C=O) groups is 3. The average molecular weight is 568 g/mol. The number of imide groups is 1. The van der Waals surface area contributed by atoms with Crippen molar-refractivity contribution >= 4 is 63.2 Å². The number of hydrogen-bond acceptors (Lipinski definition) is 7. The van der Waals surface area contributed by atoms with Crippen molar-refractivity contribution in [3.63, 3.8) is 0 Å². The van der Waals surface area contributed by atoms with Crippen LogP contribution in [0.1, 0.15) is 12.5 Å². The Kier molecular flexibility index (Phi) is 8.02. The number of ether oxygens (including phenoxy) is 3. The molecule has 3 amide bonds. The summed E-state index contributed by atoms with van der Waals surface area (Å²) in [5, 5.41) is 2.15. The molecule has 32 heavy (non-hydrogen) atoms. The molecule has 0 spiro atoms. The van der Waals surface area contributed by atoms with Crippen LogP contribution in [-0.2, 0) is 9.59 Å². The predicted octanol–water partition coefficient (Wildman–Crippen LogP) is 4.38. The van der Waals surface area contributed by atoms with Crippen molar-refractivity contribution in [1.29, 1.82) is 0 Å². The fourth-order valence-electron chi connectivity index (χ4n) is 2.98. The molecule has 2 aromatic carbocycles. The highest BCUT2D eigenvalue weighted by Gasteiger charge is 2.36. The zero-order chi connectivity index (χ0) is 23.3. The van der Waals surface area contributed by atoms with Crippen LogP contribution in [-0.4, -0.2) is 49.3 Å². The summed E-state index contributed by atoms with van der Waals surface area (Å²) in [5.41, 5.74) is 1.14. The summed E-state index contributed by atoms with van der Waals surface area (Å²) in [7, 11) is 3.02. The van der Waals surface area contributed by atoms with Crippen molar-refractivity contribution in [1.82, 2.24) is 4.90 Å². The number of nitrogens with one attached hydrogen (secondary N) is 1. The Morgan fingerprint density at radius 1 is 1.16 bits per heavy atom. The van der Waals surface area contributed by atoms with E-state index in [4.69, 9.17) is 14.2 Å². The van der Waals surface area contributed by atoms with E-state index < -0.39 is 23.6 Å². The van der Waals surface area contributed by atoms with Crippen LogP contribution < -0.4 is 19.5 Å². The Morgan fingerprint density at radius 2 is 1.88 bits per heavy atom. The van der Waals surface area contributed by atoms with E-state index in [-0.39, 0.29) is 4.91 Å². The third kappa shape index (κ3) is 5.36. The minimum atomic E-state index is -0.530. The van der Waals surface area contributed by atoms with Crippen LogP contribution in [0.3, 0.4) is 0 Å². The predicted molar refractivity (Wildman–Crippen MR) is 131 cm³/mol.